The van der Waals surface area contributed by atoms with Crippen molar-refractivity contribution in [3.05, 3.63) is 22.3 Å². The van der Waals surface area contributed by atoms with Crippen molar-refractivity contribution in [2.45, 2.75) is 37.0 Å². The SMILES string of the molecule is CCC1COCCN1c1cc(C2(S(C)(=O)=O)CCN(C)CC2)cc(Br)n1. The van der Waals surface area contributed by atoms with Gasteiger partial charge in [-0.3, -0.25) is 0 Å². The van der Waals surface area contributed by atoms with Gasteiger partial charge in [-0.15, -0.1) is 0 Å². The van der Waals surface area contributed by atoms with E-state index in [0.29, 0.717) is 30.7 Å². The van der Waals surface area contributed by atoms with Crippen molar-refractivity contribution in [3.63, 3.8) is 0 Å². The van der Waals surface area contributed by atoms with Crippen LogP contribution in [0.15, 0.2) is 16.7 Å². The topological polar surface area (TPSA) is 62.7 Å². The van der Waals surface area contributed by atoms with E-state index < -0.39 is 14.6 Å². The molecule has 0 aromatic carbocycles. The molecule has 0 amide bonds. The number of likely N-dealkylation sites (tertiary alicyclic amines) is 1. The minimum atomic E-state index is -3.27. The average molecular weight is 446 g/mol. The van der Waals surface area contributed by atoms with Gasteiger partial charge in [0.05, 0.1) is 24.0 Å². The molecule has 3 heterocycles. The van der Waals surface area contributed by atoms with Crippen LogP contribution in [0, 0.1) is 0 Å². The zero-order valence-electron chi connectivity index (χ0n) is 15.7. The zero-order chi connectivity index (χ0) is 18.9. The minimum absolute atomic E-state index is 0.269. The van der Waals surface area contributed by atoms with Gasteiger partial charge in [-0.25, -0.2) is 13.4 Å². The van der Waals surface area contributed by atoms with Crippen LogP contribution in [0.3, 0.4) is 0 Å². The summed E-state index contributed by atoms with van der Waals surface area (Å²) < 4.78 is 31.1. The Hall–Kier alpha value is -0.700. The van der Waals surface area contributed by atoms with Crippen LogP contribution in [0.1, 0.15) is 31.7 Å². The molecular formula is C18H28BrN3O3S. The number of sulfone groups is 1. The molecule has 2 fully saturated rings. The number of aromatic nitrogens is 1. The van der Waals surface area contributed by atoms with E-state index in [4.69, 9.17) is 4.74 Å². The molecule has 1 aromatic heterocycles. The summed E-state index contributed by atoms with van der Waals surface area (Å²) in [6, 6.07) is 4.15. The van der Waals surface area contributed by atoms with E-state index in [0.717, 1.165) is 37.4 Å². The summed E-state index contributed by atoms with van der Waals surface area (Å²) >= 11 is 3.52. The lowest BCUT2D eigenvalue weighted by molar-refractivity contribution is 0.0925. The maximum atomic E-state index is 12.8. The number of hydrogen-bond acceptors (Lipinski definition) is 6. The van der Waals surface area contributed by atoms with Gasteiger partial charge >= 0.3 is 0 Å². The lowest BCUT2D eigenvalue weighted by Crippen LogP contribution is -2.47. The Kier molecular flexibility index (Phi) is 5.96. The molecule has 0 radical (unpaired) electrons. The van der Waals surface area contributed by atoms with Gasteiger partial charge in [-0.05, 0) is 73.0 Å². The molecule has 2 aliphatic rings. The number of rotatable bonds is 4. The van der Waals surface area contributed by atoms with Crippen LogP contribution in [0.2, 0.25) is 0 Å². The van der Waals surface area contributed by atoms with E-state index in [1.165, 1.54) is 6.26 Å². The number of morpholine rings is 1. The zero-order valence-corrected chi connectivity index (χ0v) is 18.1. The van der Waals surface area contributed by atoms with Gasteiger partial charge in [0.15, 0.2) is 9.84 Å². The maximum Gasteiger partial charge on any atom is 0.157 e. The third kappa shape index (κ3) is 3.79. The second kappa shape index (κ2) is 7.73. The molecule has 8 heteroatoms. The molecule has 0 saturated carbocycles. The van der Waals surface area contributed by atoms with Crippen LogP contribution in [-0.4, -0.2) is 70.5 Å². The predicted octanol–water partition coefficient (Wildman–Crippen LogP) is 2.42. The van der Waals surface area contributed by atoms with Gasteiger partial charge < -0.3 is 14.5 Å². The molecule has 2 aliphatic heterocycles. The summed E-state index contributed by atoms with van der Waals surface area (Å²) in [5, 5.41) is 0. The highest BCUT2D eigenvalue weighted by molar-refractivity contribution is 9.10. The Morgan fingerprint density at radius 3 is 2.62 bits per heavy atom. The third-order valence-electron chi connectivity index (χ3n) is 5.80. The van der Waals surface area contributed by atoms with Crippen molar-refractivity contribution >= 4 is 31.6 Å². The first-order chi connectivity index (χ1) is 12.3. The van der Waals surface area contributed by atoms with Gasteiger partial charge in [0.1, 0.15) is 10.4 Å². The van der Waals surface area contributed by atoms with Crippen LogP contribution in [0.4, 0.5) is 5.82 Å². The fourth-order valence-corrected chi connectivity index (χ4v) is 5.94. The number of ether oxygens (including phenoxy) is 1. The number of hydrogen-bond donors (Lipinski definition) is 0. The number of nitrogens with zero attached hydrogens (tertiary/aromatic N) is 3. The van der Waals surface area contributed by atoms with Crippen LogP contribution in [-0.2, 0) is 19.3 Å². The predicted molar refractivity (Wildman–Crippen MR) is 107 cm³/mol. The van der Waals surface area contributed by atoms with Crippen LogP contribution < -0.4 is 4.90 Å². The molecule has 1 unspecified atom stereocenters. The largest absolute Gasteiger partial charge is 0.377 e. The van der Waals surface area contributed by atoms with Crippen molar-refractivity contribution in [2.24, 2.45) is 0 Å². The highest BCUT2D eigenvalue weighted by Gasteiger charge is 2.45. The fourth-order valence-electron chi connectivity index (χ4n) is 4.04. The van der Waals surface area contributed by atoms with E-state index in [1.54, 1.807) is 0 Å². The Labute approximate surface area is 165 Å². The van der Waals surface area contributed by atoms with Gasteiger partial charge in [0.2, 0.25) is 0 Å². The van der Waals surface area contributed by atoms with Crippen molar-refractivity contribution in [2.75, 3.05) is 51.1 Å². The van der Waals surface area contributed by atoms with Crippen molar-refractivity contribution in [3.8, 4) is 0 Å². The maximum absolute atomic E-state index is 12.8. The molecule has 26 heavy (non-hydrogen) atoms. The summed E-state index contributed by atoms with van der Waals surface area (Å²) in [6.45, 7) is 5.81. The molecule has 3 rings (SSSR count). The summed E-state index contributed by atoms with van der Waals surface area (Å²) in [5.41, 5.74) is 0.853. The Morgan fingerprint density at radius 2 is 2.00 bits per heavy atom. The first kappa shape index (κ1) is 20.0. The fraction of sp³-hybridized carbons (Fsp3) is 0.722. The van der Waals surface area contributed by atoms with Crippen molar-refractivity contribution in [1.82, 2.24) is 9.88 Å². The smallest absolute Gasteiger partial charge is 0.157 e. The van der Waals surface area contributed by atoms with E-state index >= 15 is 0 Å². The number of pyridine rings is 1. The van der Waals surface area contributed by atoms with Crippen LogP contribution in [0.5, 0.6) is 0 Å². The Balaban J connectivity index is 2.05. The molecule has 0 aliphatic carbocycles. The van der Waals surface area contributed by atoms with E-state index in [2.05, 4.69) is 37.6 Å². The van der Waals surface area contributed by atoms with E-state index in [-0.39, 0.29) is 6.04 Å². The second-order valence-electron chi connectivity index (χ2n) is 7.44. The monoisotopic (exact) mass is 445 g/mol. The van der Waals surface area contributed by atoms with Gasteiger partial charge in [-0.1, -0.05) is 6.92 Å². The van der Waals surface area contributed by atoms with E-state index in [9.17, 15) is 8.42 Å². The van der Waals surface area contributed by atoms with E-state index in [1.807, 2.05) is 19.2 Å². The summed E-state index contributed by atoms with van der Waals surface area (Å²) in [5.74, 6) is 0.839. The Bertz CT molecular complexity index is 748. The van der Waals surface area contributed by atoms with Crippen molar-refractivity contribution in [1.29, 1.82) is 0 Å². The van der Waals surface area contributed by atoms with Gasteiger partial charge in [0, 0.05) is 12.8 Å². The highest BCUT2D eigenvalue weighted by Crippen LogP contribution is 2.42. The highest BCUT2D eigenvalue weighted by atomic mass is 79.9. The second-order valence-corrected chi connectivity index (χ2v) is 10.6. The van der Waals surface area contributed by atoms with Crippen LogP contribution in [0.25, 0.3) is 0 Å². The molecule has 6 nitrogen and oxygen atoms in total. The number of anilines is 1. The summed E-state index contributed by atoms with van der Waals surface area (Å²) in [6.07, 6.45) is 3.55. The molecule has 2 saturated heterocycles. The molecule has 146 valence electrons. The lowest BCUT2D eigenvalue weighted by atomic mass is 9.88. The molecule has 0 bridgehead atoms. The van der Waals surface area contributed by atoms with Crippen LogP contribution >= 0.6 is 15.9 Å². The van der Waals surface area contributed by atoms with Gasteiger partial charge in [-0.2, -0.15) is 0 Å². The Morgan fingerprint density at radius 1 is 1.31 bits per heavy atom. The first-order valence-electron chi connectivity index (χ1n) is 9.17. The lowest BCUT2D eigenvalue weighted by Gasteiger charge is -2.41. The summed E-state index contributed by atoms with van der Waals surface area (Å²) in [4.78, 5) is 9.10. The molecule has 0 spiro atoms. The molecule has 1 atom stereocenters. The molecular weight excluding hydrogens is 418 g/mol. The number of piperidine rings is 1. The normalized spacial score (nSPS) is 24.6. The first-order valence-corrected chi connectivity index (χ1v) is 11.9. The number of halogens is 1. The molecule has 1 aromatic rings. The average Bonchev–Trinajstić information content (AvgIpc) is 2.61. The third-order valence-corrected chi connectivity index (χ3v) is 8.27. The minimum Gasteiger partial charge on any atom is -0.377 e. The quantitative estimate of drug-likeness (QED) is 0.663. The van der Waals surface area contributed by atoms with Crippen molar-refractivity contribution < 1.29 is 13.2 Å². The molecule has 0 N–H and O–H groups in total. The summed E-state index contributed by atoms with van der Waals surface area (Å²) in [7, 11) is -1.22. The van der Waals surface area contributed by atoms with Gasteiger partial charge in [0.25, 0.3) is 0 Å². The standard InChI is InChI=1S/C18H28BrN3O3S/c1-4-15-13-25-10-9-22(15)17-12-14(11-16(19)20-17)18(26(3,23)24)5-7-21(2)8-6-18/h11-12,15H,4-10,13H2,1-3H3.